The first-order chi connectivity index (χ1) is 10.4. The fourth-order valence-electron chi connectivity index (χ4n) is 2.60. The molecule has 1 unspecified atom stereocenters. The van der Waals surface area contributed by atoms with Crippen LogP contribution in [0.1, 0.15) is 26.3 Å². The summed E-state index contributed by atoms with van der Waals surface area (Å²) in [5.74, 6) is 0.266. The Hall–Kier alpha value is -1.81. The van der Waals surface area contributed by atoms with Gasteiger partial charge >= 0.3 is 6.09 Å². The van der Waals surface area contributed by atoms with Crippen LogP contribution in [-0.2, 0) is 15.9 Å². The van der Waals surface area contributed by atoms with Crippen molar-refractivity contribution < 1.29 is 14.3 Å². The Balaban J connectivity index is 2.16. The highest BCUT2D eigenvalue weighted by atomic mass is 16.6. The van der Waals surface area contributed by atoms with E-state index in [4.69, 9.17) is 9.47 Å². The van der Waals surface area contributed by atoms with E-state index in [-0.39, 0.29) is 12.0 Å². The highest BCUT2D eigenvalue weighted by molar-refractivity contribution is 5.89. The molecule has 22 heavy (non-hydrogen) atoms. The maximum atomic E-state index is 12.5. The number of para-hydroxylation sites is 1. The third-order valence-electron chi connectivity index (χ3n) is 3.43. The fourth-order valence-corrected chi connectivity index (χ4v) is 2.60. The Morgan fingerprint density at radius 3 is 2.82 bits per heavy atom. The number of ether oxygens (including phenoxy) is 2. The van der Waals surface area contributed by atoms with Gasteiger partial charge in [0.05, 0.1) is 18.9 Å². The molecule has 0 saturated carbocycles. The zero-order valence-corrected chi connectivity index (χ0v) is 13.7. The average molecular weight is 303 g/mol. The van der Waals surface area contributed by atoms with E-state index in [2.05, 4.69) is 12.6 Å². The molecule has 0 saturated heterocycles. The van der Waals surface area contributed by atoms with Crippen LogP contribution < -0.4 is 4.90 Å². The summed E-state index contributed by atoms with van der Waals surface area (Å²) in [6.07, 6.45) is 2.35. The molecule has 0 spiro atoms. The van der Waals surface area contributed by atoms with E-state index in [1.54, 1.807) is 11.0 Å². The van der Waals surface area contributed by atoms with Gasteiger partial charge in [0.1, 0.15) is 5.60 Å². The first-order valence-electron chi connectivity index (χ1n) is 7.68. The van der Waals surface area contributed by atoms with E-state index >= 15 is 0 Å². The maximum Gasteiger partial charge on any atom is 0.414 e. The lowest BCUT2D eigenvalue weighted by Gasteiger charge is -2.35. The molecule has 0 N–H and O–H groups in total. The summed E-state index contributed by atoms with van der Waals surface area (Å²) in [4.78, 5) is 14.2. The fraction of sp³-hybridized carbons (Fsp3) is 0.500. The van der Waals surface area contributed by atoms with Gasteiger partial charge in [-0.2, -0.15) is 0 Å². The van der Waals surface area contributed by atoms with Gasteiger partial charge in [0.25, 0.3) is 0 Å². The summed E-state index contributed by atoms with van der Waals surface area (Å²) >= 11 is 0. The monoisotopic (exact) mass is 303 g/mol. The molecule has 0 aliphatic carbocycles. The van der Waals surface area contributed by atoms with E-state index < -0.39 is 5.60 Å². The van der Waals surface area contributed by atoms with Gasteiger partial charge in [0, 0.05) is 12.5 Å². The number of fused-ring (bicyclic) bond motifs is 1. The Kier molecular flexibility index (Phi) is 5.24. The SMILES string of the molecule is C=CCOCC1Cc2ccccc2N(C(=O)OC(C)(C)C)C1. The molecular formula is C18H25NO3. The van der Waals surface area contributed by atoms with Crippen molar-refractivity contribution in [2.75, 3.05) is 24.7 Å². The molecule has 4 heteroatoms. The van der Waals surface area contributed by atoms with Crippen molar-refractivity contribution in [2.24, 2.45) is 5.92 Å². The summed E-state index contributed by atoms with van der Waals surface area (Å²) in [5, 5.41) is 0. The number of hydrogen-bond acceptors (Lipinski definition) is 3. The summed E-state index contributed by atoms with van der Waals surface area (Å²) in [6.45, 7) is 11.1. The van der Waals surface area contributed by atoms with Crippen molar-refractivity contribution in [3.8, 4) is 0 Å². The molecule has 4 nitrogen and oxygen atoms in total. The number of amides is 1. The zero-order chi connectivity index (χ0) is 16.2. The number of carbonyl (C=O) groups excluding carboxylic acids is 1. The van der Waals surface area contributed by atoms with Crippen LogP contribution in [-0.4, -0.2) is 31.5 Å². The molecule has 0 bridgehead atoms. The second kappa shape index (κ2) is 6.97. The van der Waals surface area contributed by atoms with Crippen molar-refractivity contribution in [1.82, 2.24) is 0 Å². The molecule has 0 aromatic heterocycles. The molecule has 1 amide bonds. The first kappa shape index (κ1) is 16.6. The smallest absolute Gasteiger partial charge is 0.414 e. The Bertz CT molecular complexity index is 533. The van der Waals surface area contributed by atoms with Crippen LogP contribution >= 0.6 is 0 Å². The normalized spacial score (nSPS) is 17.8. The molecule has 1 aliphatic heterocycles. The van der Waals surface area contributed by atoms with Crippen molar-refractivity contribution in [2.45, 2.75) is 32.8 Å². The first-order valence-corrected chi connectivity index (χ1v) is 7.68. The number of hydrogen-bond donors (Lipinski definition) is 0. The lowest BCUT2D eigenvalue weighted by atomic mass is 9.93. The van der Waals surface area contributed by atoms with E-state index in [0.717, 1.165) is 17.7 Å². The second-order valence-corrected chi connectivity index (χ2v) is 6.62. The topological polar surface area (TPSA) is 38.8 Å². The number of anilines is 1. The van der Waals surface area contributed by atoms with E-state index in [1.807, 2.05) is 39.0 Å². The maximum absolute atomic E-state index is 12.5. The largest absolute Gasteiger partial charge is 0.443 e. The number of benzene rings is 1. The van der Waals surface area contributed by atoms with Gasteiger partial charge in [-0.15, -0.1) is 6.58 Å². The van der Waals surface area contributed by atoms with Gasteiger partial charge in [0.2, 0.25) is 0 Å². The lowest BCUT2D eigenvalue weighted by Crippen LogP contribution is -2.44. The summed E-state index contributed by atoms with van der Waals surface area (Å²) in [6, 6.07) is 7.98. The van der Waals surface area contributed by atoms with Crippen LogP contribution in [0, 0.1) is 5.92 Å². The van der Waals surface area contributed by atoms with Crippen LogP contribution in [0.25, 0.3) is 0 Å². The minimum atomic E-state index is -0.502. The summed E-state index contributed by atoms with van der Waals surface area (Å²) < 4.78 is 11.1. The lowest BCUT2D eigenvalue weighted by molar-refractivity contribution is 0.0556. The van der Waals surface area contributed by atoms with Gasteiger partial charge in [-0.1, -0.05) is 24.3 Å². The van der Waals surface area contributed by atoms with Crippen molar-refractivity contribution in [3.63, 3.8) is 0 Å². The Morgan fingerprint density at radius 1 is 1.41 bits per heavy atom. The standard InChI is InChI=1S/C18H25NO3/c1-5-10-21-13-14-11-15-8-6-7-9-16(15)19(12-14)17(20)22-18(2,3)4/h5-9,14H,1,10-13H2,2-4H3. The van der Waals surface area contributed by atoms with Gasteiger partial charge < -0.3 is 9.47 Å². The second-order valence-electron chi connectivity index (χ2n) is 6.62. The predicted molar refractivity (Wildman–Crippen MR) is 88.2 cm³/mol. The summed E-state index contributed by atoms with van der Waals surface area (Å²) in [7, 11) is 0. The highest BCUT2D eigenvalue weighted by Gasteiger charge is 2.31. The molecule has 1 heterocycles. The molecule has 0 fully saturated rings. The third kappa shape index (κ3) is 4.34. The predicted octanol–water partition coefficient (Wildman–Crippen LogP) is 3.80. The van der Waals surface area contributed by atoms with Gasteiger partial charge in [-0.25, -0.2) is 4.79 Å². The van der Waals surface area contributed by atoms with Gasteiger partial charge in [0.15, 0.2) is 0 Å². The van der Waals surface area contributed by atoms with Crippen LogP contribution in [0.5, 0.6) is 0 Å². The highest BCUT2D eigenvalue weighted by Crippen LogP contribution is 2.31. The number of carbonyl (C=O) groups is 1. The van der Waals surface area contributed by atoms with Crippen molar-refractivity contribution >= 4 is 11.8 Å². The molecule has 1 atom stereocenters. The van der Waals surface area contributed by atoms with Gasteiger partial charge in [-0.3, -0.25) is 4.90 Å². The van der Waals surface area contributed by atoms with Crippen LogP contribution in [0.4, 0.5) is 10.5 Å². The number of nitrogens with zero attached hydrogens (tertiary/aromatic N) is 1. The molecule has 0 radical (unpaired) electrons. The van der Waals surface area contributed by atoms with Crippen LogP contribution in [0.15, 0.2) is 36.9 Å². The van der Waals surface area contributed by atoms with Crippen molar-refractivity contribution in [3.05, 3.63) is 42.5 Å². The van der Waals surface area contributed by atoms with E-state index in [1.165, 1.54) is 0 Å². The molecule has 120 valence electrons. The van der Waals surface area contributed by atoms with Crippen molar-refractivity contribution in [1.29, 1.82) is 0 Å². The van der Waals surface area contributed by atoms with E-state index in [9.17, 15) is 4.79 Å². The molecule has 1 aromatic rings. The van der Waals surface area contributed by atoms with Gasteiger partial charge in [-0.05, 0) is 38.8 Å². The van der Waals surface area contributed by atoms with Crippen LogP contribution in [0.3, 0.4) is 0 Å². The quantitative estimate of drug-likeness (QED) is 0.627. The molecular weight excluding hydrogens is 278 g/mol. The Morgan fingerprint density at radius 2 is 2.14 bits per heavy atom. The zero-order valence-electron chi connectivity index (χ0n) is 13.7. The van der Waals surface area contributed by atoms with Crippen LogP contribution in [0.2, 0.25) is 0 Å². The average Bonchev–Trinajstić information content (AvgIpc) is 2.45. The third-order valence-corrected chi connectivity index (χ3v) is 3.43. The molecule has 2 rings (SSSR count). The Labute approximate surface area is 132 Å². The minimum absolute atomic E-state index is 0.266. The minimum Gasteiger partial charge on any atom is -0.443 e. The molecule has 1 aromatic carbocycles. The molecule has 1 aliphatic rings. The number of rotatable bonds is 4. The van der Waals surface area contributed by atoms with E-state index in [0.29, 0.717) is 19.8 Å². The summed E-state index contributed by atoms with van der Waals surface area (Å²) in [5.41, 5.74) is 1.60.